The van der Waals surface area contributed by atoms with Crippen molar-refractivity contribution >= 4 is 40.1 Å². The van der Waals surface area contributed by atoms with Gasteiger partial charge in [-0.1, -0.05) is 53.9 Å². The number of likely N-dealkylation sites (tertiary alicyclic amines) is 1. The largest absolute Gasteiger partial charge is 0.480 e. The molecule has 2 heterocycles. The van der Waals surface area contributed by atoms with Crippen LogP contribution >= 0.6 is 23.2 Å². The summed E-state index contributed by atoms with van der Waals surface area (Å²) in [7, 11) is 0. The van der Waals surface area contributed by atoms with Crippen LogP contribution in [0.5, 0.6) is 0 Å². The lowest BCUT2D eigenvalue weighted by Gasteiger charge is -2.40. The highest BCUT2D eigenvalue weighted by Crippen LogP contribution is 2.38. The van der Waals surface area contributed by atoms with E-state index in [-0.39, 0.29) is 6.04 Å². The van der Waals surface area contributed by atoms with Crippen molar-refractivity contribution in [1.82, 2.24) is 9.88 Å². The average Bonchev–Trinajstić information content (AvgIpc) is 2.71. The molecule has 4 rings (SSSR count). The van der Waals surface area contributed by atoms with Gasteiger partial charge in [-0.05, 0) is 54.8 Å². The van der Waals surface area contributed by atoms with E-state index in [1.54, 1.807) is 12.3 Å². The van der Waals surface area contributed by atoms with E-state index >= 15 is 0 Å². The zero-order valence-electron chi connectivity index (χ0n) is 15.2. The molecule has 0 saturated carbocycles. The molecule has 0 amide bonds. The fourth-order valence-electron chi connectivity index (χ4n) is 4.12. The first-order chi connectivity index (χ1) is 13.6. The number of pyridine rings is 1. The molecule has 2 aromatic carbocycles. The molecule has 144 valence electrons. The summed E-state index contributed by atoms with van der Waals surface area (Å²) in [6, 6.07) is 14.7. The van der Waals surface area contributed by atoms with Crippen LogP contribution < -0.4 is 0 Å². The summed E-state index contributed by atoms with van der Waals surface area (Å²) in [6.07, 6.45) is 4.29. The van der Waals surface area contributed by atoms with Gasteiger partial charge in [0.05, 0.1) is 21.6 Å². The smallest absolute Gasteiger partial charge is 0.320 e. The first kappa shape index (κ1) is 19.2. The van der Waals surface area contributed by atoms with E-state index in [2.05, 4.69) is 9.88 Å². The number of benzene rings is 2. The van der Waals surface area contributed by atoms with Crippen LogP contribution in [0.3, 0.4) is 0 Å². The number of piperidine rings is 1. The molecule has 1 fully saturated rings. The maximum Gasteiger partial charge on any atom is 0.320 e. The fourth-order valence-corrected chi connectivity index (χ4v) is 4.42. The van der Waals surface area contributed by atoms with Crippen molar-refractivity contribution in [3.05, 3.63) is 75.9 Å². The number of aromatic nitrogens is 1. The molecule has 2 unspecified atom stereocenters. The third-order valence-electron chi connectivity index (χ3n) is 5.40. The van der Waals surface area contributed by atoms with Crippen LogP contribution in [0.2, 0.25) is 10.0 Å². The third-order valence-corrected chi connectivity index (χ3v) is 6.14. The molecular formula is C22H20Cl2N2O2. The second-order valence-electron chi connectivity index (χ2n) is 7.08. The van der Waals surface area contributed by atoms with E-state index < -0.39 is 12.0 Å². The Balaban J connectivity index is 1.92. The third kappa shape index (κ3) is 3.60. The van der Waals surface area contributed by atoms with Gasteiger partial charge in [-0.25, -0.2) is 0 Å². The number of carboxylic acids is 1. The van der Waals surface area contributed by atoms with Gasteiger partial charge in [0, 0.05) is 11.6 Å². The molecule has 4 nitrogen and oxygen atoms in total. The SMILES string of the molecule is O=C(O)C1CCCCN1C(c1ccc(Cl)c(Cl)c1)c1ccnc2ccccc12. The molecule has 1 aliphatic rings. The maximum absolute atomic E-state index is 12.0. The van der Waals surface area contributed by atoms with Crippen LogP contribution in [0.4, 0.5) is 0 Å². The minimum absolute atomic E-state index is 0.246. The monoisotopic (exact) mass is 414 g/mol. The van der Waals surface area contributed by atoms with Crippen molar-refractivity contribution in [3.8, 4) is 0 Å². The van der Waals surface area contributed by atoms with Crippen LogP contribution in [-0.4, -0.2) is 33.5 Å². The fraction of sp³-hybridized carbons (Fsp3) is 0.273. The van der Waals surface area contributed by atoms with Gasteiger partial charge in [-0.15, -0.1) is 0 Å². The number of para-hydroxylation sites is 1. The number of hydrogen-bond donors (Lipinski definition) is 1. The molecule has 1 N–H and O–H groups in total. The number of aliphatic carboxylic acids is 1. The topological polar surface area (TPSA) is 53.4 Å². The van der Waals surface area contributed by atoms with Crippen molar-refractivity contribution in [3.63, 3.8) is 0 Å². The lowest BCUT2D eigenvalue weighted by Crippen LogP contribution is -2.46. The lowest BCUT2D eigenvalue weighted by atomic mass is 9.90. The van der Waals surface area contributed by atoms with Gasteiger partial charge >= 0.3 is 5.97 Å². The average molecular weight is 415 g/mol. The Labute approximate surface area is 173 Å². The number of nitrogens with zero attached hydrogens (tertiary/aromatic N) is 2. The minimum Gasteiger partial charge on any atom is -0.480 e. The van der Waals surface area contributed by atoms with Gasteiger partial charge in [0.15, 0.2) is 0 Å². The number of carbonyl (C=O) groups is 1. The van der Waals surface area contributed by atoms with Crippen molar-refractivity contribution in [2.75, 3.05) is 6.54 Å². The van der Waals surface area contributed by atoms with Gasteiger partial charge in [-0.3, -0.25) is 14.7 Å². The van der Waals surface area contributed by atoms with Gasteiger partial charge in [0.2, 0.25) is 0 Å². The molecule has 1 saturated heterocycles. The number of carboxylic acid groups (broad SMARTS) is 1. The van der Waals surface area contributed by atoms with Gasteiger partial charge < -0.3 is 5.11 Å². The number of fused-ring (bicyclic) bond motifs is 1. The molecule has 2 atom stereocenters. The predicted octanol–water partition coefficient (Wildman–Crippen LogP) is 5.57. The molecular weight excluding hydrogens is 395 g/mol. The molecule has 1 aliphatic heterocycles. The zero-order chi connectivity index (χ0) is 19.7. The van der Waals surface area contributed by atoms with E-state index in [4.69, 9.17) is 23.2 Å². The zero-order valence-corrected chi connectivity index (χ0v) is 16.7. The van der Waals surface area contributed by atoms with Crippen LogP contribution in [-0.2, 0) is 4.79 Å². The number of hydrogen-bond acceptors (Lipinski definition) is 3. The first-order valence-electron chi connectivity index (χ1n) is 9.33. The van der Waals surface area contributed by atoms with E-state index in [1.807, 2.05) is 42.5 Å². The van der Waals surface area contributed by atoms with E-state index in [1.165, 1.54) is 0 Å². The summed E-state index contributed by atoms with van der Waals surface area (Å²) in [5, 5.41) is 11.8. The summed E-state index contributed by atoms with van der Waals surface area (Å²) in [5.74, 6) is -0.789. The normalized spacial score (nSPS) is 18.9. The summed E-state index contributed by atoms with van der Waals surface area (Å²) in [5.41, 5.74) is 2.84. The molecule has 0 bridgehead atoms. The molecule has 0 radical (unpaired) electrons. The Hall–Kier alpha value is -2.14. The molecule has 6 heteroatoms. The molecule has 1 aromatic heterocycles. The minimum atomic E-state index is -0.789. The van der Waals surface area contributed by atoms with Crippen LogP contribution in [0.25, 0.3) is 10.9 Å². The van der Waals surface area contributed by atoms with E-state index in [0.717, 1.165) is 34.9 Å². The van der Waals surface area contributed by atoms with Gasteiger partial charge in [-0.2, -0.15) is 0 Å². The van der Waals surface area contributed by atoms with Crippen molar-refractivity contribution in [2.45, 2.75) is 31.3 Å². The maximum atomic E-state index is 12.0. The molecule has 0 aliphatic carbocycles. The quantitative estimate of drug-likeness (QED) is 0.605. The van der Waals surface area contributed by atoms with E-state index in [9.17, 15) is 9.90 Å². The predicted molar refractivity (Wildman–Crippen MR) is 112 cm³/mol. The Morgan fingerprint density at radius 1 is 1.11 bits per heavy atom. The van der Waals surface area contributed by atoms with Crippen molar-refractivity contribution in [1.29, 1.82) is 0 Å². The Bertz CT molecular complexity index is 1020. The highest BCUT2D eigenvalue weighted by atomic mass is 35.5. The Kier molecular flexibility index (Phi) is 5.54. The molecule has 0 spiro atoms. The summed E-state index contributed by atoms with van der Waals surface area (Å²) in [4.78, 5) is 18.6. The van der Waals surface area contributed by atoms with E-state index in [0.29, 0.717) is 23.0 Å². The van der Waals surface area contributed by atoms with Crippen molar-refractivity contribution in [2.24, 2.45) is 0 Å². The summed E-state index contributed by atoms with van der Waals surface area (Å²) in [6.45, 7) is 0.707. The summed E-state index contributed by atoms with van der Waals surface area (Å²) < 4.78 is 0. The summed E-state index contributed by atoms with van der Waals surface area (Å²) >= 11 is 12.5. The van der Waals surface area contributed by atoms with Crippen molar-refractivity contribution < 1.29 is 9.90 Å². The van der Waals surface area contributed by atoms with Crippen LogP contribution in [0.1, 0.15) is 36.4 Å². The highest BCUT2D eigenvalue weighted by molar-refractivity contribution is 6.42. The van der Waals surface area contributed by atoms with Gasteiger partial charge in [0.1, 0.15) is 6.04 Å². The first-order valence-corrected chi connectivity index (χ1v) is 10.1. The molecule has 3 aromatic rings. The Morgan fingerprint density at radius 2 is 1.93 bits per heavy atom. The van der Waals surface area contributed by atoms with Crippen LogP contribution in [0.15, 0.2) is 54.7 Å². The lowest BCUT2D eigenvalue weighted by molar-refractivity contribution is -0.145. The molecule has 28 heavy (non-hydrogen) atoms. The number of halogens is 2. The number of rotatable bonds is 4. The highest BCUT2D eigenvalue weighted by Gasteiger charge is 2.36. The standard InChI is InChI=1S/C22H20Cl2N2O2/c23-17-9-8-14(13-18(17)24)21(26-12-4-3-7-20(26)22(27)28)16-10-11-25-19-6-2-1-5-15(16)19/h1-2,5-6,8-11,13,20-21H,3-4,7,12H2,(H,27,28). The van der Waals surface area contributed by atoms with Gasteiger partial charge in [0.25, 0.3) is 0 Å². The second-order valence-corrected chi connectivity index (χ2v) is 7.90. The second kappa shape index (κ2) is 8.08. The van der Waals surface area contributed by atoms with Crippen LogP contribution in [0, 0.1) is 0 Å². The Morgan fingerprint density at radius 3 is 2.71 bits per heavy atom.